The van der Waals surface area contributed by atoms with E-state index in [0.717, 1.165) is 0 Å². The van der Waals surface area contributed by atoms with Crippen LogP contribution in [0.3, 0.4) is 0 Å². The third-order valence-electron chi connectivity index (χ3n) is 2.60. The predicted octanol–water partition coefficient (Wildman–Crippen LogP) is 4.56. The van der Waals surface area contributed by atoms with Crippen LogP contribution in [0.1, 0.15) is 39.5 Å². The molecule has 0 aromatic rings. The molecule has 1 heteroatoms. The van der Waals surface area contributed by atoms with Crippen LogP contribution in [-0.4, -0.2) is 0 Å². The van der Waals surface area contributed by atoms with E-state index >= 15 is 0 Å². The standard InChI is InChI=1S/2C7H10.Ru/c2*1-2-7-5-3-4-6-7;/h2*3-5H,2,6H2,1H3;/q;;+2. The fourth-order valence-corrected chi connectivity index (χ4v) is 1.51. The van der Waals surface area contributed by atoms with Crippen molar-refractivity contribution in [3.05, 3.63) is 47.6 Å². The van der Waals surface area contributed by atoms with E-state index in [4.69, 9.17) is 0 Å². The first-order valence-corrected chi connectivity index (χ1v) is 5.56. The molecule has 2 rings (SSSR count). The molecule has 0 nitrogen and oxygen atoms in total. The van der Waals surface area contributed by atoms with Crippen molar-refractivity contribution < 1.29 is 19.5 Å². The SMILES string of the molecule is CCC1=CC=CC1.CCC1=CC=CC1.[Ru+2]. The number of hydrogen-bond donors (Lipinski definition) is 0. The maximum absolute atomic E-state index is 2.19. The van der Waals surface area contributed by atoms with E-state index in [1.807, 2.05) is 0 Å². The summed E-state index contributed by atoms with van der Waals surface area (Å²) < 4.78 is 0. The van der Waals surface area contributed by atoms with Gasteiger partial charge in [0.15, 0.2) is 0 Å². The molecule has 0 unspecified atom stereocenters. The topological polar surface area (TPSA) is 0 Å². The predicted molar refractivity (Wildman–Crippen MR) is 64.3 cm³/mol. The van der Waals surface area contributed by atoms with Gasteiger partial charge in [-0.1, -0.05) is 61.4 Å². The summed E-state index contributed by atoms with van der Waals surface area (Å²) in [4.78, 5) is 0. The minimum absolute atomic E-state index is 0. The van der Waals surface area contributed by atoms with Gasteiger partial charge in [-0.15, -0.1) is 0 Å². The molecule has 0 N–H and O–H groups in total. The van der Waals surface area contributed by atoms with Crippen molar-refractivity contribution in [1.82, 2.24) is 0 Å². The molecular weight excluding hydrogens is 269 g/mol. The van der Waals surface area contributed by atoms with Gasteiger partial charge in [0.25, 0.3) is 0 Å². The average molecular weight is 289 g/mol. The van der Waals surface area contributed by atoms with E-state index in [1.165, 1.54) is 25.7 Å². The fourth-order valence-electron chi connectivity index (χ4n) is 1.51. The molecule has 0 aliphatic heterocycles. The number of hydrogen-bond acceptors (Lipinski definition) is 0. The van der Waals surface area contributed by atoms with Gasteiger partial charge in [-0.2, -0.15) is 0 Å². The molecule has 0 saturated heterocycles. The number of allylic oxidation sites excluding steroid dienone is 8. The van der Waals surface area contributed by atoms with E-state index in [2.05, 4.69) is 50.3 Å². The normalized spacial score (nSPS) is 16.4. The third-order valence-corrected chi connectivity index (χ3v) is 2.60. The van der Waals surface area contributed by atoms with Gasteiger partial charge in [-0.3, -0.25) is 0 Å². The first-order valence-electron chi connectivity index (χ1n) is 5.56. The molecule has 0 atom stereocenters. The van der Waals surface area contributed by atoms with Gasteiger partial charge in [-0.05, 0) is 25.7 Å². The van der Waals surface area contributed by atoms with E-state index in [1.54, 1.807) is 11.1 Å². The van der Waals surface area contributed by atoms with E-state index in [9.17, 15) is 0 Å². The van der Waals surface area contributed by atoms with Crippen molar-refractivity contribution in [3.63, 3.8) is 0 Å². The van der Waals surface area contributed by atoms with Gasteiger partial charge in [0.2, 0.25) is 0 Å². The van der Waals surface area contributed by atoms with Crippen LogP contribution in [0.25, 0.3) is 0 Å². The summed E-state index contributed by atoms with van der Waals surface area (Å²) in [5.41, 5.74) is 3.11. The summed E-state index contributed by atoms with van der Waals surface area (Å²) in [6.07, 6.45) is 17.8. The summed E-state index contributed by atoms with van der Waals surface area (Å²) in [7, 11) is 0. The second-order valence-electron chi connectivity index (χ2n) is 3.62. The van der Waals surface area contributed by atoms with Crippen molar-refractivity contribution in [1.29, 1.82) is 0 Å². The molecule has 0 bridgehead atoms. The molecule has 15 heavy (non-hydrogen) atoms. The summed E-state index contributed by atoms with van der Waals surface area (Å²) in [5.74, 6) is 0. The van der Waals surface area contributed by atoms with Crippen molar-refractivity contribution >= 4 is 0 Å². The van der Waals surface area contributed by atoms with E-state index in [0.29, 0.717) is 0 Å². The molecule has 2 aliphatic rings. The second-order valence-corrected chi connectivity index (χ2v) is 3.62. The minimum Gasteiger partial charge on any atom is -0.0805 e. The molecular formula is C14H20Ru+2. The molecule has 0 aromatic carbocycles. The molecule has 0 aromatic heterocycles. The quantitative estimate of drug-likeness (QED) is 0.654. The Hall–Kier alpha value is -0.417. The zero-order chi connectivity index (χ0) is 10.2. The third kappa shape index (κ3) is 5.89. The Morgan fingerprint density at radius 1 is 0.867 bits per heavy atom. The van der Waals surface area contributed by atoms with Crippen molar-refractivity contribution in [2.45, 2.75) is 39.5 Å². The Bertz CT molecular complexity index is 250. The molecule has 0 fully saturated rings. The van der Waals surface area contributed by atoms with E-state index < -0.39 is 0 Å². The second kappa shape index (κ2) is 8.86. The molecule has 0 saturated carbocycles. The van der Waals surface area contributed by atoms with Crippen LogP contribution in [0.4, 0.5) is 0 Å². The fraction of sp³-hybridized carbons (Fsp3) is 0.429. The van der Waals surface area contributed by atoms with Crippen LogP contribution in [0.15, 0.2) is 47.6 Å². The van der Waals surface area contributed by atoms with Crippen LogP contribution in [0.2, 0.25) is 0 Å². The Morgan fingerprint density at radius 3 is 1.40 bits per heavy atom. The van der Waals surface area contributed by atoms with Crippen molar-refractivity contribution in [3.8, 4) is 0 Å². The van der Waals surface area contributed by atoms with Gasteiger partial charge in [0.05, 0.1) is 0 Å². The minimum atomic E-state index is 0. The van der Waals surface area contributed by atoms with Crippen LogP contribution < -0.4 is 0 Å². The van der Waals surface area contributed by atoms with Crippen molar-refractivity contribution in [2.24, 2.45) is 0 Å². The maximum atomic E-state index is 2.19. The van der Waals surface area contributed by atoms with Crippen LogP contribution in [0.5, 0.6) is 0 Å². The summed E-state index contributed by atoms with van der Waals surface area (Å²) in [6.45, 7) is 4.39. The van der Waals surface area contributed by atoms with Crippen molar-refractivity contribution in [2.75, 3.05) is 0 Å². The van der Waals surface area contributed by atoms with Gasteiger partial charge < -0.3 is 0 Å². The van der Waals surface area contributed by atoms with Gasteiger partial charge in [0, 0.05) is 0 Å². The monoisotopic (exact) mass is 290 g/mol. The molecule has 2 aliphatic carbocycles. The summed E-state index contributed by atoms with van der Waals surface area (Å²) >= 11 is 0. The molecule has 0 radical (unpaired) electrons. The van der Waals surface area contributed by atoms with E-state index in [-0.39, 0.29) is 19.5 Å². The maximum Gasteiger partial charge on any atom is 2.00 e. The van der Waals surface area contributed by atoms with Gasteiger partial charge in [0.1, 0.15) is 0 Å². The van der Waals surface area contributed by atoms with Crippen LogP contribution in [0, 0.1) is 0 Å². The number of rotatable bonds is 2. The molecule has 0 amide bonds. The Labute approximate surface area is 107 Å². The smallest absolute Gasteiger partial charge is 0.0805 e. The van der Waals surface area contributed by atoms with Gasteiger partial charge in [-0.25, -0.2) is 0 Å². The zero-order valence-corrected chi connectivity index (χ0v) is 11.4. The summed E-state index contributed by atoms with van der Waals surface area (Å²) in [5, 5.41) is 0. The largest absolute Gasteiger partial charge is 2.00 e. The Kier molecular flexibility index (Phi) is 8.61. The molecule has 82 valence electrons. The molecule has 0 spiro atoms. The summed E-state index contributed by atoms with van der Waals surface area (Å²) in [6, 6.07) is 0. The molecule has 0 heterocycles. The zero-order valence-electron chi connectivity index (χ0n) is 9.65. The first kappa shape index (κ1) is 14.6. The average Bonchev–Trinajstić information content (AvgIpc) is 2.92. The Balaban J connectivity index is 0.000000245. The van der Waals surface area contributed by atoms with Gasteiger partial charge >= 0.3 is 19.5 Å². The first-order chi connectivity index (χ1) is 6.86. The Morgan fingerprint density at radius 2 is 1.27 bits per heavy atom. The van der Waals surface area contributed by atoms with Crippen LogP contribution >= 0.6 is 0 Å². The van der Waals surface area contributed by atoms with Crippen LogP contribution in [-0.2, 0) is 19.5 Å².